The van der Waals surface area contributed by atoms with Crippen LogP contribution in [0.5, 0.6) is 5.75 Å². The van der Waals surface area contributed by atoms with E-state index in [9.17, 15) is 13.2 Å². The highest BCUT2D eigenvalue weighted by Crippen LogP contribution is 2.35. The van der Waals surface area contributed by atoms with Crippen molar-refractivity contribution in [2.45, 2.75) is 64.4 Å². The minimum atomic E-state index is -1.04. The van der Waals surface area contributed by atoms with E-state index in [0.717, 1.165) is 38.5 Å². The zero-order valence-electron chi connectivity index (χ0n) is 17.1. The predicted molar refractivity (Wildman–Crippen MR) is 109 cm³/mol. The van der Waals surface area contributed by atoms with E-state index in [4.69, 9.17) is 9.47 Å². The average molecular weight is 406 g/mol. The lowest BCUT2D eigenvalue weighted by atomic mass is 9.89. The molecular formula is C24H29F3O2. The SMILES string of the molecule is CCCCOc1ccc(-c2ccc(C3CCC(CCC)OC3)c(F)c2)c(F)c1F. The quantitative estimate of drug-likeness (QED) is 0.439. The molecule has 158 valence electrons. The van der Waals surface area contributed by atoms with Crippen LogP contribution in [0.4, 0.5) is 13.2 Å². The Hall–Kier alpha value is -2.01. The number of hydrogen-bond donors (Lipinski definition) is 0. The summed E-state index contributed by atoms with van der Waals surface area (Å²) >= 11 is 0. The summed E-state index contributed by atoms with van der Waals surface area (Å²) in [6.07, 6.45) is 5.81. The molecule has 0 aliphatic carbocycles. The molecule has 2 unspecified atom stereocenters. The molecule has 1 aliphatic heterocycles. The lowest BCUT2D eigenvalue weighted by Crippen LogP contribution is -2.25. The Balaban J connectivity index is 1.76. The number of ether oxygens (including phenoxy) is 2. The van der Waals surface area contributed by atoms with Crippen LogP contribution in [0, 0.1) is 17.5 Å². The molecule has 0 N–H and O–H groups in total. The van der Waals surface area contributed by atoms with E-state index in [1.807, 2.05) is 6.92 Å². The first-order valence-electron chi connectivity index (χ1n) is 10.6. The maximum Gasteiger partial charge on any atom is 0.201 e. The minimum absolute atomic E-state index is 0.00641. The molecule has 0 saturated carbocycles. The van der Waals surface area contributed by atoms with E-state index < -0.39 is 17.5 Å². The Kier molecular flexibility index (Phi) is 7.59. The molecule has 1 heterocycles. The van der Waals surface area contributed by atoms with Crippen molar-refractivity contribution >= 4 is 0 Å². The predicted octanol–water partition coefficient (Wildman–Crippen LogP) is 7.01. The highest BCUT2D eigenvalue weighted by molar-refractivity contribution is 5.66. The van der Waals surface area contributed by atoms with Crippen molar-refractivity contribution in [3.63, 3.8) is 0 Å². The van der Waals surface area contributed by atoms with Crippen LogP contribution in [0.3, 0.4) is 0 Å². The maximum atomic E-state index is 14.8. The molecule has 1 aliphatic rings. The van der Waals surface area contributed by atoms with Crippen molar-refractivity contribution in [3.8, 4) is 16.9 Å². The first-order chi connectivity index (χ1) is 14.0. The van der Waals surface area contributed by atoms with E-state index in [2.05, 4.69) is 6.92 Å². The molecular weight excluding hydrogens is 377 g/mol. The number of unbranched alkanes of at least 4 members (excludes halogenated alkanes) is 1. The van der Waals surface area contributed by atoms with Crippen LogP contribution in [0.2, 0.25) is 0 Å². The van der Waals surface area contributed by atoms with Gasteiger partial charge in [-0.1, -0.05) is 38.8 Å². The molecule has 29 heavy (non-hydrogen) atoms. The van der Waals surface area contributed by atoms with Crippen molar-refractivity contribution in [3.05, 3.63) is 53.3 Å². The lowest BCUT2D eigenvalue weighted by molar-refractivity contribution is -0.00172. The lowest BCUT2D eigenvalue weighted by Gasteiger charge is -2.29. The third-order valence-corrected chi connectivity index (χ3v) is 5.53. The van der Waals surface area contributed by atoms with Gasteiger partial charge in [-0.25, -0.2) is 8.78 Å². The highest BCUT2D eigenvalue weighted by atomic mass is 19.2. The maximum absolute atomic E-state index is 14.8. The Morgan fingerprint density at radius 3 is 2.48 bits per heavy atom. The minimum Gasteiger partial charge on any atom is -0.490 e. The molecule has 2 nitrogen and oxygen atoms in total. The molecule has 1 saturated heterocycles. The van der Waals surface area contributed by atoms with Crippen molar-refractivity contribution in [1.29, 1.82) is 0 Å². The van der Waals surface area contributed by atoms with Gasteiger partial charge in [-0.2, -0.15) is 4.39 Å². The molecule has 0 amide bonds. The second-order valence-electron chi connectivity index (χ2n) is 7.70. The monoisotopic (exact) mass is 406 g/mol. The van der Waals surface area contributed by atoms with E-state index in [1.54, 1.807) is 12.1 Å². The second-order valence-corrected chi connectivity index (χ2v) is 7.70. The van der Waals surface area contributed by atoms with Crippen molar-refractivity contribution in [2.75, 3.05) is 13.2 Å². The zero-order valence-corrected chi connectivity index (χ0v) is 17.1. The average Bonchev–Trinajstić information content (AvgIpc) is 2.72. The van der Waals surface area contributed by atoms with Gasteiger partial charge in [0.2, 0.25) is 5.82 Å². The summed E-state index contributed by atoms with van der Waals surface area (Å²) in [4.78, 5) is 0. The van der Waals surface area contributed by atoms with E-state index >= 15 is 0 Å². The van der Waals surface area contributed by atoms with Crippen LogP contribution >= 0.6 is 0 Å². The van der Waals surface area contributed by atoms with Crippen LogP contribution in [-0.4, -0.2) is 19.3 Å². The summed E-state index contributed by atoms with van der Waals surface area (Å²) in [5.74, 6) is -2.58. The standard InChI is InChI=1S/C24H29F3O2/c1-3-5-13-28-22-12-11-20(23(26)24(22)27)16-8-10-19(21(25)14-16)17-7-9-18(6-4-2)29-15-17/h8,10-12,14,17-18H,3-7,9,13,15H2,1-2H3. The van der Waals surface area contributed by atoms with Gasteiger partial charge in [0.05, 0.1) is 19.3 Å². The van der Waals surface area contributed by atoms with Crippen molar-refractivity contribution in [1.82, 2.24) is 0 Å². The summed E-state index contributed by atoms with van der Waals surface area (Å²) in [6, 6.07) is 7.43. The van der Waals surface area contributed by atoms with Gasteiger partial charge >= 0.3 is 0 Å². The summed E-state index contributed by atoms with van der Waals surface area (Å²) in [5, 5.41) is 0. The van der Waals surface area contributed by atoms with Crippen molar-refractivity contribution < 1.29 is 22.6 Å². The Morgan fingerprint density at radius 1 is 1.00 bits per heavy atom. The molecule has 0 aromatic heterocycles. The van der Waals surface area contributed by atoms with Gasteiger partial charge in [-0.05, 0) is 55.0 Å². The molecule has 5 heteroatoms. The summed E-state index contributed by atoms with van der Waals surface area (Å²) in [7, 11) is 0. The summed E-state index contributed by atoms with van der Waals surface area (Å²) < 4.78 is 54.8. The molecule has 2 aromatic carbocycles. The highest BCUT2D eigenvalue weighted by Gasteiger charge is 2.25. The molecule has 0 bridgehead atoms. The van der Waals surface area contributed by atoms with Gasteiger partial charge in [-0.15, -0.1) is 0 Å². The molecule has 1 fully saturated rings. The van der Waals surface area contributed by atoms with Gasteiger partial charge in [0.1, 0.15) is 5.82 Å². The van der Waals surface area contributed by atoms with Gasteiger partial charge in [0.15, 0.2) is 11.6 Å². The van der Waals surface area contributed by atoms with Crippen LogP contribution < -0.4 is 4.74 Å². The van der Waals surface area contributed by atoms with Crippen LogP contribution in [0.1, 0.15) is 63.9 Å². The smallest absolute Gasteiger partial charge is 0.201 e. The topological polar surface area (TPSA) is 18.5 Å². The fourth-order valence-electron chi connectivity index (χ4n) is 3.82. The molecule has 0 radical (unpaired) electrons. The third kappa shape index (κ3) is 5.13. The fourth-order valence-corrected chi connectivity index (χ4v) is 3.82. The Bertz CT molecular complexity index is 814. The molecule has 2 aromatic rings. The fraction of sp³-hybridized carbons (Fsp3) is 0.500. The van der Waals surface area contributed by atoms with Gasteiger partial charge < -0.3 is 9.47 Å². The number of benzene rings is 2. The first-order valence-corrected chi connectivity index (χ1v) is 10.6. The normalized spacial score (nSPS) is 19.3. The van der Waals surface area contributed by atoms with E-state index in [1.165, 1.54) is 18.2 Å². The second kappa shape index (κ2) is 10.1. The first kappa shape index (κ1) is 21.7. The van der Waals surface area contributed by atoms with Gasteiger partial charge in [0.25, 0.3) is 0 Å². The van der Waals surface area contributed by atoms with Crippen LogP contribution in [0.15, 0.2) is 30.3 Å². The third-order valence-electron chi connectivity index (χ3n) is 5.53. The van der Waals surface area contributed by atoms with Gasteiger partial charge in [0, 0.05) is 11.5 Å². The van der Waals surface area contributed by atoms with Gasteiger partial charge in [-0.3, -0.25) is 0 Å². The Morgan fingerprint density at radius 2 is 1.83 bits per heavy atom. The largest absolute Gasteiger partial charge is 0.490 e. The molecule has 0 spiro atoms. The van der Waals surface area contributed by atoms with Crippen LogP contribution in [0.25, 0.3) is 11.1 Å². The molecule has 2 atom stereocenters. The molecule has 3 rings (SSSR count). The van der Waals surface area contributed by atoms with Crippen molar-refractivity contribution in [2.24, 2.45) is 0 Å². The van der Waals surface area contributed by atoms with E-state index in [0.29, 0.717) is 24.3 Å². The summed E-state index contributed by atoms with van der Waals surface area (Å²) in [5.41, 5.74) is 0.908. The van der Waals surface area contributed by atoms with E-state index in [-0.39, 0.29) is 23.3 Å². The number of rotatable bonds is 8. The number of halogens is 3. The zero-order chi connectivity index (χ0) is 20.8. The Labute approximate surface area is 171 Å². The van der Waals surface area contributed by atoms with Crippen LogP contribution in [-0.2, 0) is 4.74 Å². The number of hydrogen-bond acceptors (Lipinski definition) is 2. The summed E-state index contributed by atoms with van der Waals surface area (Å²) in [6.45, 7) is 4.94.